The molecule has 2 nitrogen and oxygen atoms in total. The molecular formula is C13H13F2NO. The van der Waals surface area contributed by atoms with Crippen LogP contribution in [0.4, 0.5) is 8.78 Å². The Morgan fingerprint density at radius 1 is 1.06 bits per heavy atom. The Bertz CT molecular complexity index is 528. The minimum Gasteiger partial charge on any atom is -0.508 e. The topological polar surface area (TPSA) is 46.2 Å². The average molecular weight is 237 g/mol. The molecule has 0 aliphatic rings. The first-order valence-corrected chi connectivity index (χ1v) is 5.32. The zero-order chi connectivity index (χ0) is 12.4. The fourth-order valence-corrected chi connectivity index (χ4v) is 1.81. The van der Waals surface area contributed by atoms with E-state index in [1.165, 1.54) is 0 Å². The molecule has 17 heavy (non-hydrogen) atoms. The molecule has 0 saturated heterocycles. The van der Waals surface area contributed by atoms with Gasteiger partial charge < -0.3 is 10.8 Å². The smallest absolute Gasteiger partial charge is 0.240 e. The SMILES string of the molecule is N[C@@H](CC(F)F)c1ccc2cc(O)ccc2c1. The minimum atomic E-state index is -2.40. The zero-order valence-electron chi connectivity index (χ0n) is 9.11. The van der Waals surface area contributed by atoms with Crippen molar-refractivity contribution in [1.82, 2.24) is 0 Å². The Hall–Kier alpha value is -1.68. The van der Waals surface area contributed by atoms with Crippen LogP contribution in [-0.4, -0.2) is 11.5 Å². The first-order chi connectivity index (χ1) is 8.06. The third kappa shape index (κ3) is 2.71. The van der Waals surface area contributed by atoms with Gasteiger partial charge in [0.1, 0.15) is 5.75 Å². The van der Waals surface area contributed by atoms with Crippen molar-refractivity contribution in [1.29, 1.82) is 0 Å². The number of benzene rings is 2. The van der Waals surface area contributed by atoms with Crippen LogP contribution in [-0.2, 0) is 0 Å². The summed E-state index contributed by atoms with van der Waals surface area (Å²) in [7, 11) is 0. The molecule has 0 radical (unpaired) electrons. The first kappa shape index (κ1) is 11.8. The summed E-state index contributed by atoms with van der Waals surface area (Å²) in [5.74, 6) is 0.183. The first-order valence-electron chi connectivity index (χ1n) is 5.32. The largest absolute Gasteiger partial charge is 0.508 e. The van der Waals surface area contributed by atoms with E-state index in [1.54, 1.807) is 36.4 Å². The van der Waals surface area contributed by atoms with Gasteiger partial charge in [0.2, 0.25) is 6.43 Å². The van der Waals surface area contributed by atoms with Crippen LogP contribution in [0.25, 0.3) is 10.8 Å². The second kappa shape index (κ2) is 4.67. The fraction of sp³-hybridized carbons (Fsp3) is 0.231. The second-order valence-electron chi connectivity index (χ2n) is 4.02. The number of alkyl halides is 2. The molecule has 0 spiro atoms. The average Bonchev–Trinajstić information content (AvgIpc) is 2.27. The normalized spacial score (nSPS) is 13.2. The number of hydrogen-bond acceptors (Lipinski definition) is 2. The van der Waals surface area contributed by atoms with E-state index in [-0.39, 0.29) is 12.2 Å². The second-order valence-corrected chi connectivity index (χ2v) is 4.02. The van der Waals surface area contributed by atoms with E-state index < -0.39 is 12.5 Å². The molecule has 0 aromatic heterocycles. The molecule has 4 heteroatoms. The number of fused-ring (bicyclic) bond motifs is 1. The molecule has 2 aromatic rings. The standard InChI is InChI=1S/C13H13F2NO/c14-13(15)7-12(16)10-2-1-9-6-11(17)4-3-8(9)5-10/h1-6,12-13,17H,7,16H2/t12-/m0/s1. The molecular weight excluding hydrogens is 224 g/mol. The third-order valence-corrected chi connectivity index (χ3v) is 2.71. The monoisotopic (exact) mass is 237 g/mol. The Labute approximate surface area is 97.7 Å². The van der Waals surface area contributed by atoms with Crippen LogP contribution < -0.4 is 5.73 Å². The number of hydrogen-bond donors (Lipinski definition) is 2. The van der Waals surface area contributed by atoms with Crippen molar-refractivity contribution in [2.45, 2.75) is 18.9 Å². The van der Waals surface area contributed by atoms with Gasteiger partial charge in [0.25, 0.3) is 0 Å². The lowest BCUT2D eigenvalue weighted by Crippen LogP contribution is -2.13. The van der Waals surface area contributed by atoms with E-state index >= 15 is 0 Å². The summed E-state index contributed by atoms with van der Waals surface area (Å²) in [6, 6.07) is 9.53. The zero-order valence-corrected chi connectivity index (χ0v) is 9.11. The summed E-state index contributed by atoms with van der Waals surface area (Å²) in [4.78, 5) is 0. The molecule has 2 rings (SSSR count). The summed E-state index contributed by atoms with van der Waals surface area (Å²) in [6.07, 6.45) is -2.75. The molecule has 1 atom stereocenters. The highest BCUT2D eigenvalue weighted by Crippen LogP contribution is 2.25. The van der Waals surface area contributed by atoms with E-state index in [2.05, 4.69) is 0 Å². The van der Waals surface area contributed by atoms with Gasteiger partial charge in [-0.05, 0) is 34.5 Å². The maximum Gasteiger partial charge on any atom is 0.240 e. The molecule has 3 N–H and O–H groups in total. The van der Waals surface area contributed by atoms with E-state index in [0.29, 0.717) is 5.56 Å². The highest BCUT2D eigenvalue weighted by Gasteiger charge is 2.13. The molecule has 0 saturated carbocycles. The summed E-state index contributed by atoms with van der Waals surface area (Å²) in [5, 5.41) is 11.0. The van der Waals surface area contributed by atoms with Gasteiger partial charge in [-0.3, -0.25) is 0 Å². The van der Waals surface area contributed by atoms with E-state index in [9.17, 15) is 13.9 Å². The van der Waals surface area contributed by atoms with Crippen molar-refractivity contribution >= 4 is 10.8 Å². The van der Waals surface area contributed by atoms with E-state index in [0.717, 1.165) is 10.8 Å². The van der Waals surface area contributed by atoms with Crippen LogP contribution in [0.15, 0.2) is 36.4 Å². The maximum absolute atomic E-state index is 12.2. The van der Waals surface area contributed by atoms with Crippen molar-refractivity contribution in [3.05, 3.63) is 42.0 Å². The molecule has 0 heterocycles. The van der Waals surface area contributed by atoms with Crippen molar-refractivity contribution in [2.24, 2.45) is 5.73 Å². The number of nitrogens with two attached hydrogens (primary N) is 1. The summed E-state index contributed by atoms with van der Waals surface area (Å²) < 4.78 is 24.4. The molecule has 0 aliphatic heterocycles. The van der Waals surface area contributed by atoms with Gasteiger partial charge in [0.05, 0.1) is 0 Å². The Morgan fingerprint density at radius 2 is 1.71 bits per heavy atom. The van der Waals surface area contributed by atoms with Crippen molar-refractivity contribution in [3.8, 4) is 5.75 Å². The number of rotatable bonds is 3. The molecule has 0 bridgehead atoms. The number of halogens is 2. The van der Waals surface area contributed by atoms with Gasteiger partial charge in [-0.25, -0.2) is 8.78 Å². The van der Waals surface area contributed by atoms with Crippen LogP contribution >= 0.6 is 0 Å². The maximum atomic E-state index is 12.2. The van der Waals surface area contributed by atoms with Gasteiger partial charge in [0, 0.05) is 12.5 Å². The third-order valence-electron chi connectivity index (χ3n) is 2.71. The molecule has 0 aliphatic carbocycles. The lowest BCUT2D eigenvalue weighted by Gasteiger charge is -2.12. The summed E-state index contributed by atoms with van der Waals surface area (Å²) >= 11 is 0. The van der Waals surface area contributed by atoms with Crippen LogP contribution in [0.2, 0.25) is 0 Å². The van der Waals surface area contributed by atoms with Gasteiger partial charge in [-0.2, -0.15) is 0 Å². The Morgan fingerprint density at radius 3 is 2.41 bits per heavy atom. The van der Waals surface area contributed by atoms with Gasteiger partial charge in [-0.1, -0.05) is 18.2 Å². The van der Waals surface area contributed by atoms with Crippen molar-refractivity contribution in [3.63, 3.8) is 0 Å². The van der Waals surface area contributed by atoms with Crippen LogP contribution in [0.3, 0.4) is 0 Å². The van der Waals surface area contributed by atoms with Crippen LogP contribution in [0.1, 0.15) is 18.0 Å². The van der Waals surface area contributed by atoms with Crippen LogP contribution in [0.5, 0.6) is 5.75 Å². The lowest BCUT2D eigenvalue weighted by atomic mass is 10.0. The van der Waals surface area contributed by atoms with E-state index in [1.807, 2.05) is 0 Å². The molecule has 0 fully saturated rings. The van der Waals surface area contributed by atoms with Gasteiger partial charge in [0.15, 0.2) is 0 Å². The number of phenols is 1. The Balaban J connectivity index is 2.34. The number of phenolic OH excluding ortho intramolecular Hbond substituents is 1. The van der Waals surface area contributed by atoms with Crippen molar-refractivity contribution < 1.29 is 13.9 Å². The predicted molar refractivity (Wildman–Crippen MR) is 63.2 cm³/mol. The molecule has 0 amide bonds. The van der Waals surface area contributed by atoms with Gasteiger partial charge >= 0.3 is 0 Å². The number of aromatic hydroxyl groups is 1. The van der Waals surface area contributed by atoms with Gasteiger partial charge in [-0.15, -0.1) is 0 Å². The van der Waals surface area contributed by atoms with Crippen molar-refractivity contribution in [2.75, 3.05) is 0 Å². The predicted octanol–water partition coefficient (Wildman–Crippen LogP) is 3.20. The lowest BCUT2D eigenvalue weighted by molar-refractivity contribution is 0.128. The fourth-order valence-electron chi connectivity index (χ4n) is 1.81. The minimum absolute atomic E-state index is 0.183. The summed E-state index contributed by atoms with van der Waals surface area (Å²) in [5.41, 5.74) is 6.37. The molecule has 90 valence electrons. The highest BCUT2D eigenvalue weighted by atomic mass is 19.3. The summed E-state index contributed by atoms with van der Waals surface area (Å²) in [6.45, 7) is 0. The molecule has 2 aromatic carbocycles. The highest BCUT2D eigenvalue weighted by molar-refractivity contribution is 5.84. The van der Waals surface area contributed by atoms with Crippen LogP contribution in [0, 0.1) is 0 Å². The quantitative estimate of drug-likeness (QED) is 0.861. The Kier molecular flexibility index (Phi) is 3.24. The molecule has 0 unspecified atom stereocenters. The van der Waals surface area contributed by atoms with E-state index in [4.69, 9.17) is 5.73 Å².